The molecule has 1 heterocycles. The highest BCUT2D eigenvalue weighted by Crippen LogP contribution is 2.31. The summed E-state index contributed by atoms with van der Waals surface area (Å²) in [5.41, 5.74) is 2.03. The van der Waals surface area contributed by atoms with Crippen LogP contribution in [0.1, 0.15) is 13.8 Å². The van der Waals surface area contributed by atoms with Gasteiger partial charge >= 0.3 is 0 Å². The highest BCUT2D eigenvalue weighted by molar-refractivity contribution is 6.30. The van der Waals surface area contributed by atoms with E-state index in [4.69, 9.17) is 21.1 Å². The molecule has 3 aromatic carbocycles. The number of carbonyl (C=O) groups is 1. The number of hydrogen-bond acceptors (Lipinski definition) is 4. The number of halogens is 1. The number of anilines is 1. The predicted octanol–water partition coefficient (Wildman–Crippen LogP) is 5.69. The number of fused-ring (bicyclic) bond motifs is 1. The number of H-pyrrole nitrogens is 1. The van der Waals surface area contributed by atoms with Crippen LogP contribution in [0, 0.1) is 0 Å². The zero-order valence-electron chi connectivity index (χ0n) is 17.4. The zero-order valence-corrected chi connectivity index (χ0v) is 18.2. The van der Waals surface area contributed by atoms with Crippen molar-refractivity contribution in [2.45, 2.75) is 19.4 Å². The Bertz CT molecular complexity index is 1200. The molecule has 4 rings (SSSR count). The molecule has 0 unspecified atom stereocenters. The minimum atomic E-state index is -1.13. The summed E-state index contributed by atoms with van der Waals surface area (Å²) in [4.78, 5) is 20.9. The van der Waals surface area contributed by atoms with Crippen molar-refractivity contribution >= 4 is 34.2 Å². The van der Waals surface area contributed by atoms with Gasteiger partial charge in [-0.1, -0.05) is 23.7 Å². The Labute approximate surface area is 185 Å². The molecule has 0 bridgehead atoms. The Morgan fingerprint density at radius 3 is 2.52 bits per heavy atom. The maximum absolute atomic E-state index is 13.0. The fraction of sp³-hybridized carbons (Fsp3) is 0.167. The van der Waals surface area contributed by atoms with Gasteiger partial charge in [-0.05, 0) is 68.4 Å². The smallest absolute Gasteiger partial charge is 0.268 e. The normalized spacial score (nSPS) is 11.4. The Morgan fingerprint density at radius 2 is 1.81 bits per heavy atom. The van der Waals surface area contributed by atoms with Gasteiger partial charge in [0.05, 0.1) is 23.8 Å². The van der Waals surface area contributed by atoms with Crippen LogP contribution >= 0.6 is 11.6 Å². The van der Waals surface area contributed by atoms with Crippen molar-refractivity contribution in [1.82, 2.24) is 9.97 Å². The number of imidazole rings is 1. The summed E-state index contributed by atoms with van der Waals surface area (Å²) in [6.07, 6.45) is 0. The Hall–Kier alpha value is -3.51. The SMILES string of the molecule is COc1ccc(-c2nc3ccccc3[nH]2)cc1NC(=O)C(C)(C)Oc1ccc(Cl)cc1. The monoisotopic (exact) mass is 435 g/mol. The molecule has 0 aliphatic rings. The lowest BCUT2D eigenvalue weighted by molar-refractivity contribution is -0.128. The number of methoxy groups -OCH3 is 1. The summed E-state index contributed by atoms with van der Waals surface area (Å²) in [5.74, 6) is 1.47. The van der Waals surface area contributed by atoms with Gasteiger partial charge < -0.3 is 19.8 Å². The first-order valence-corrected chi connectivity index (χ1v) is 10.1. The number of amides is 1. The number of benzene rings is 3. The second-order valence-corrected chi connectivity index (χ2v) is 7.97. The summed E-state index contributed by atoms with van der Waals surface area (Å²) in [6.45, 7) is 3.40. The van der Waals surface area contributed by atoms with Gasteiger partial charge in [-0.15, -0.1) is 0 Å². The summed E-state index contributed by atoms with van der Waals surface area (Å²) >= 11 is 5.92. The molecule has 2 N–H and O–H groups in total. The van der Waals surface area contributed by atoms with Gasteiger partial charge in [-0.3, -0.25) is 4.79 Å². The average Bonchev–Trinajstić information content (AvgIpc) is 3.19. The van der Waals surface area contributed by atoms with E-state index in [1.54, 1.807) is 51.3 Å². The number of nitrogens with one attached hydrogen (secondary N) is 2. The molecule has 0 saturated heterocycles. The molecule has 1 aromatic heterocycles. The van der Waals surface area contributed by atoms with Crippen LogP contribution in [-0.2, 0) is 4.79 Å². The quantitative estimate of drug-likeness (QED) is 0.408. The predicted molar refractivity (Wildman–Crippen MR) is 123 cm³/mol. The van der Waals surface area contributed by atoms with Gasteiger partial charge in [0.25, 0.3) is 5.91 Å². The van der Waals surface area contributed by atoms with Crippen molar-refractivity contribution in [3.8, 4) is 22.9 Å². The second-order valence-electron chi connectivity index (χ2n) is 7.54. The zero-order chi connectivity index (χ0) is 22.0. The maximum atomic E-state index is 13.0. The van der Waals surface area contributed by atoms with Crippen LogP contribution in [0.2, 0.25) is 5.02 Å². The molecule has 0 atom stereocenters. The highest BCUT2D eigenvalue weighted by Gasteiger charge is 2.31. The maximum Gasteiger partial charge on any atom is 0.268 e. The van der Waals surface area contributed by atoms with Gasteiger partial charge in [0.15, 0.2) is 5.60 Å². The number of carbonyl (C=O) groups excluding carboxylic acids is 1. The summed E-state index contributed by atoms with van der Waals surface area (Å²) in [5, 5.41) is 3.52. The molecule has 0 saturated carbocycles. The summed E-state index contributed by atoms with van der Waals surface area (Å²) < 4.78 is 11.3. The molecular formula is C24H22ClN3O3. The Balaban J connectivity index is 1.59. The third-order valence-electron chi connectivity index (χ3n) is 4.84. The molecule has 4 aromatic rings. The first-order chi connectivity index (χ1) is 14.9. The summed E-state index contributed by atoms with van der Waals surface area (Å²) in [7, 11) is 1.56. The van der Waals surface area contributed by atoms with Gasteiger partial charge in [0.1, 0.15) is 17.3 Å². The number of ether oxygens (including phenoxy) is 2. The minimum Gasteiger partial charge on any atom is -0.495 e. The topological polar surface area (TPSA) is 76.2 Å². The van der Waals surface area contributed by atoms with E-state index in [9.17, 15) is 4.79 Å². The van der Waals surface area contributed by atoms with Crippen molar-refractivity contribution in [3.05, 3.63) is 71.8 Å². The Kier molecular flexibility index (Phi) is 5.57. The molecular weight excluding hydrogens is 414 g/mol. The van der Waals surface area contributed by atoms with E-state index < -0.39 is 5.60 Å². The van der Waals surface area contributed by atoms with Crippen LogP contribution in [0.3, 0.4) is 0 Å². The van der Waals surface area contributed by atoms with Crippen molar-refractivity contribution in [3.63, 3.8) is 0 Å². The van der Waals surface area contributed by atoms with Gasteiger partial charge in [0.2, 0.25) is 0 Å². The Morgan fingerprint density at radius 1 is 1.06 bits per heavy atom. The average molecular weight is 436 g/mol. The number of rotatable bonds is 6. The number of nitrogens with zero attached hydrogens (tertiary/aromatic N) is 1. The van der Waals surface area contributed by atoms with E-state index in [-0.39, 0.29) is 5.91 Å². The first kappa shape index (κ1) is 20.8. The van der Waals surface area contributed by atoms with Crippen LogP contribution < -0.4 is 14.8 Å². The van der Waals surface area contributed by atoms with Gasteiger partial charge in [0, 0.05) is 10.6 Å². The van der Waals surface area contributed by atoms with Crippen LogP contribution in [0.4, 0.5) is 5.69 Å². The van der Waals surface area contributed by atoms with Crippen LogP contribution in [-0.4, -0.2) is 28.6 Å². The number of para-hydroxylation sites is 2. The fourth-order valence-electron chi connectivity index (χ4n) is 3.16. The lowest BCUT2D eigenvalue weighted by Gasteiger charge is -2.26. The standard InChI is InChI=1S/C24H22ClN3O3/c1-24(2,31-17-11-9-16(25)10-12-17)23(29)28-20-14-15(8-13-21(20)30-3)22-26-18-6-4-5-7-19(18)27-22/h4-14H,1-3H3,(H,26,27)(H,28,29). The lowest BCUT2D eigenvalue weighted by Crippen LogP contribution is -2.42. The molecule has 7 heteroatoms. The number of aromatic amines is 1. The van der Waals surface area contributed by atoms with Crippen molar-refractivity contribution in [1.29, 1.82) is 0 Å². The van der Waals surface area contributed by atoms with Gasteiger partial charge in [-0.2, -0.15) is 0 Å². The molecule has 31 heavy (non-hydrogen) atoms. The third kappa shape index (κ3) is 4.49. The summed E-state index contributed by atoms with van der Waals surface area (Å²) in [6, 6.07) is 20.2. The minimum absolute atomic E-state index is 0.317. The largest absolute Gasteiger partial charge is 0.495 e. The van der Waals surface area contributed by atoms with Crippen LogP contribution in [0.15, 0.2) is 66.7 Å². The molecule has 0 aliphatic heterocycles. The van der Waals surface area contributed by atoms with E-state index in [2.05, 4.69) is 15.3 Å². The molecule has 158 valence electrons. The molecule has 1 amide bonds. The van der Waals surface area contributed by atoms with Crippen LogP contribution in [0.25, 0.3) is 22.4 Å². The van der Waals surface area contributed by atoms with E-state index >= 15 is 0 Å². The van der Waals surface area contributed by atoms with E-state index in [1.165, 1.54) is 0 Å². The first-order valence-electron chi connectivity index (χ1n) is 9.75. The number of hydrogen-bond donors (Lipinski definition) is 2. The van der Waals surface area contributed by atoms with E-state index in [0.29, 0.717) is 28.0 Å². The van der Waals surface area contributed by atoms with Gasteiger partial charge in [-0.25, -0.2) is 4.98 Å². The van der Waals surface area contributed by atoms with Crippen molar-refractivity contribution in [2.75, 3.05) is 12.4 Å². The van der Waals surface area contributed by atoms with Crippen molar-refractivity contribution < 1.29 is 14.3 Å². The number of aromatic nitrogens is 2. The fourth-order valence-corrected chi connectivity index (χ4v) is 3.28. The van der Waals surface area contributed by atoms with Crippen LogP contribution in [0.5, 0.6) is 11.5 Å². The highest BCUT2D eigenvalue weighted by atomic mass is 35.5. The van der Waals surface area contributed by atoms with Crippen molar-refractivity contribution in [2.24, 2.45) is 0 Å². The van der Waals surface area contributed by atoms with E-state index in [0.717, 1.165) is 16.6 Å². The second kappa shape index (κ2) is 8.32. The molecule has 0 aliphatic carbocycles. The lowest BCUT2D eigenvalue weighted by atomic mass is 10.1. The molecule has 0 fully saturated rings. The molecule has 0 spiro atoms. The third-order valence-corrected chi connectivity index (χ3v) is 5.10. The molecule has 0 radical (unpaired) electrons. The molecule has 6 nitrogen and oxygen atoms in total. The van der Waals surface area contributed by atoms with E-state index in [1.807, 2.05) is 36.4 Å².